The van der Waals surface area contributed by atoms with Gasteiger partial charge in [0.2, 0.25) is 5.91 Å². The Morgan fingerprint density at radius 1 is 1.28 bits per heavy atom. The molecule has 0 aliphatic heterocycles. The highest BCUT2D eigenvalue weighted by Gasteiger charge is 2.24. The smallest absolute Gasteiger partial charge is 0.387 e. The molecule has 29 heavy (non-hydrogen) atoms. The van der Waals surface area contributed by atoms with E-state index in [1.165, 1.54) is 29.5 Å². The summed E-state index contributed by atoms with van der Waals surface area (Å²) < 4.78 is 42.0. The van der Waals surface area contributed by atoms with E-state index < -0.39 is 35.3 Å². The molecule has 11 heteroatoms. The van der Waals surface area contributed by atoms with Crippen LogP contribution >= 0.6 is 11.3 Å². The monoisotopic (exact) mass is 441 g/mol. The number of carbonyl (C=O) groups is 2. The van der Waals surface area contributed by atoms with Crippen LogP contribution in [0, 0.1) is 11.3 Å². The minimum absolute atomic E-state index is 0.108. The van der Waals surface area contributed by atoms with Crippen LogP contribution in [0.4, 0.5) is 8.78 Å². The molecule has 2 N–H and O–H groups in total. The molecule has 0 aliphatic carbocycles. The number of para-hydroxylation sites is 1. The van der Waals surface area contributed by atoms with Gasteiger partial charge in [0.15, 0.2) is 0 Å². The third-order valence-electron chi connectivity index (χ3n) is 3.60. The second kappa shape index (κ2) is 11.2. The van der Waals surface area contributed by atoms with E-state index in [0.29, 0.717) is 5.56 Å². The highest BCUT2D eigenvalue weighted by atomic mass is 32.2. The number of ether oxygens (including phenoxy) is 1. The number of hydrogen-bond donors (Lipinski definition) is 2. The molecule has 1 aromatic carbocycles. The molecule has 0 fully saturated rings. The van der Waals surface area contributed by atoms with Crippen molar-refractivity contribution in [3.05, 3.63) is 52.2 Å². The van der Waals surface area contributed by atoms with E-state index in [1.807, 2.05) is 0 Å². The van der Waals surface area contributed by atoms with E-state index in [1.54, 1.807) is 29.0 Å². The van der Waals surface area contributed by atoms with Gasteiger partial charge in [-0.05, 0) is 17.5 Å². The number of nitriles is 1. The van der Waals surface area contributed by atoms with Gasteiger partial charge in [-0.2, -0.15) is 25.4 Å². The van der Waals surface area contributed by atoms with Crippen molar-refractivity contribution in [1.82, 2.24) is 10.6 Å². The Kier molecular flexibility index (Phi) is 8.69. The lowest BCUT2D eigenvalue weighted by Gasteiger charge is -2.18. The summed E-state index contributed by atoms with van der Waals surface area (Å²) >= 11 is 1.30. The molecule has 0 bridgehead atoms. The summed E-state index contributed by atoms with van der Waals surface area (Å²) in [6, 6.07) is 8.05. The lowest BCUT2D eigenvalue weighted by atomic mass is 10.2. The first-order chi connectivity index (χ1) is 13.9. The summed E-state index contributed by atoms with van der Waals surface area (Å²) in [5, 5.41) is 16.7. The topological polar surface area (TPSA) is 108 Å². The van der Waals surface area contributed by atoms with Gasteiger partial charge in [0.1, 0.15) is 18.3 Å². The molecule has 2 rings (SSSR count). The molecule has 2 amide bonds. The molecule has 0 saturated heterocycles. The van der Waals surface area contributed by atoms with E-state index in [0.717, 1.165) is 0 Å². The molecular formula is C18H17F2N3O4S2. The summed E-state index contributed by atoms with van der Waals surface area (Å²) in [6.45, 7) is -3.31. The molecule has 154 valence electrons. The summed E-state index contributed by atoms with van der Waals surface area (Å²) in [6.07, 6.45) is 0. The summed E-state index contributed by atoms with van der Waals surface area (Å²) in [5.41, 5.74) is 0.626. The SMILES string of the molecule is N#CCNC(=O)C(CS(=O)Cc1ccccc1OC(F)F)NC(=O)c1ccsc1. The zero-order valence-electron chi connectivity index (χ0n) is 15.0. The van der Waals surface area contributed by atoms with Crippen molar-refractivity contribution in [2.45, 2.75) is 18.4 Å². The van der Waals surface area contributed by atoms with E-state index >= 15 is 0 Å². The van der Waals surface area contributed by atoms with Crippen molar-refractivity contribution < 1.29 is 27.3 Å². The Balaban J connectivity index is 2.09. The third kappa shape index (κ3) is 7.24. The van der Waals surface area contributed by atoms with Gasteiger partial charge in [-0.25, -0.2) is 0 Å². The maximum Gasteiger partial charge on any atom is 0.387 e. The van der Waals surface area contributed by atoms with Crippen molar-refractivity contribution in [3.63, 3.8) is 0 Å². The minimum Gasteiger partial charge on any atom is -0.435 e. The predicted octanol–water partition coefficient (Wildman–Crippen LogP) is 2.04. The normalized spacial score (nSPS) is 12.6. The zero-order valence-corrected chi connectivity index (χ0v) is 16.6. The van der Waals surface area contributed by atoms with Gasteiger partial charge in [-0.3, -0.25) is 13.8 Å². The average Bonchev–Trinajstić information content (AvgIpc) is 3.21. The van der Waals surface area contributed by atoms with Gasteiger partial charge in [-0.1, -0.05) is 18.2 Å². The minimum atomic E-state index is -3.03. The first-order valence-corrected chi connectivity index (χ1v) is 10.7. The third-order valence-corrected chi connectivity index (χ3v) is 5.63. The van der Waals surface area contributed by atoms with E-state index in [4.69, 9.17) is 5.26 Å². The van der Waals surface area contributed by atoms with Gasteiger partial charge < -0.3 is 15.4 Å². The highest BCUT2D eigenvalue weighted by Crippen LogP contribution is 2.22. The lowest BCUT2D eigenvalue weighted by Crippen LogP contribution is -2.49. The van der Waals surface area contributed by atoms with Gasteiger partial charge in [0.25, 0.3) is 5.91 Å². The van der Waals surface area contributed by atoms with Crippen molar-refractivity contribution >= 4 is 34.0 Å². The van der Waals surface area contributed by atoms with Crippen LogP contribution in [0.15, 0.2) is 41.1 Å². The van der Waals surface area contributed by atoms with Crippen LogP contribution in [-0.2, 0) is 21.3 Å². The molecule has 1 aromatic heterocycles. The Labute approximate surface area is 172 Å². The van der Waals surface area contributed by atoms with Crippen LogP contribution in [0.2, 0.25) is 0 Å². The van der Waals surface area contributed by atoms with Crippen LogP contribution in [0.5, 0.6) is 5.75 Å². The molecule has 1 heterocycles. The highest BCUT2D eigenvalue weighted by molar-refractivity contribution is 7.84. The number of hydrogen-bond acceptors (Lipinski definition) is 6. The largest absolute Gasteiger partial charge is 0.435 e. The van der Waals surface area contributed by atoms with E-state index in [9.17, 15) is 22.6 Å². The molecule has 0 saturated carbocycles. The molecular weight excluding hydrogens is 424 g/mol. The van der Waals surface area contributed by atoms with Crippen molar-refractivity contribution in [3.8, 4) is 11.8 Å². The van der Waals surface area contributed by atoms with E-state index in [2.05, 4.69) is 15.4 Å². The fourth-order valence-electron chi connectivity index (χ4n) is 2.32. The quantitative estimate of drug-likeness (QED) is 0.549. The van der Waals surface area contributed by atoms with Crippen LogP contribution < -0.4 is 15.4 Å². The summed E-state index contributed by atoms with van der Waals surface area (Å²) in [5.74, 6) is -1.72. The number of amides is 2. The predicted molar refractivity (Wildman–Crippen MR) is 104 cm³/mol. The number of benzene rings is 1. The fourth-order valence-corrected chi connectivity index (χ4v) is 4.27. The molecule has 2 atom stereocenters. The Morgan fingerprint density at radius 3 is 2.69 bits per heavy atom. The number of rotatable bonds is 10. The number of nitrogens with one attached hydrogen (secondary N) is 2. The molecule has 7 nitrogen and oxygen atoms in total. The van der Waals surface area contributed by atoms with Crippen molar-refractivity contribution in [1.29, 1.82) is 5.26 Å². The van der Waals surface area contributed by atoms with Crippen LogP contribution in [0.1, 0.15) is 15.9 Å². The first-order valence-electron chi connectivity index (χ1n) is 8.26. The van der Waals surface area contributed by atoms with Crippen LogP contribution in [-0.4, -0.2) is 41.0 Å². The van der Waals surface area contributed by atoms with Crippen molar-refractivity contribution in [2.24, 2.45) is 0 Å². The first kappa shape index (κ1) is 22.4. The number of halogens is 2. The Bertz CT molecular complexity index is 901. The number of alkyl halides is 2. The standard InChI is InChI=1S/C18H17F2N3O4S2/c19-18(20)27-15-4-2-1-3-13(15)10-29(26)11-14(17(25)22-7-6-21)23-16(24)12-5-8-28-9-12/h1-5,8-9,14,18H,7,10-11H2,(H,22,25)(H,23,24). The van der Waals surface area contributed by atoms with Gasteiger partial charge in [0.05, 0.1) is 23.1 Å². The molecule has 2 unspecified atom stereocenters. The Hall–Kier alpha value is -2.84. The zero-order chi connectivity index (χ0) is 21.2. The van der Waals surface area contributed by atoms with Crippen LogP contribution in [0.3, 0.4) is 0 Å². The average molecular weight is 441 g/mol. The van der Waals surface area contributed by atoms with Gasteiger partial charge in [-0.15, -0.1) is 0 Å². The van der Waals surface area contributed by atoms with Crippen molar-refractivity contribution in [2.75, 3.05) is 12.3 Å². The van der Waals surface area contributed by atoms with Gasteiger partial charge >= 0.3 is 6.61 Å². The number of thiophene rings is 1. The Morgan fingerprint density at radius 2 is 2.03 bits per heavy atom. The summed E-state index contributed by atoms with van der Waals surface area (Å²) in [4.78, 5) is 24.5. The van der Waals surface area contributed by atoms with E-state index in [-0.39, 0.29) is 29.4 Å². The van der Waals surface area contributed by atoms with Gasteiger partial charge in [0, 0.05) is 21.7 Å². The van der Waals surface area contributed by atoms with Crippen LogP contribution in [0.25, 0.3) is 0 Å². The number of carbonyl (C=O) groups excluding carboxylic acids is 2. The maximum absolute atomic E-state index is 12.6. The molecule has 0 radical (unpaired) electrons. The maximum atomic E-state index is 12.6. The lowest BCUT2D eigenvalue weighted by molar-refractivity contribution is -0.122. The summed E-state index contributed by atoms with van der Waals surface area (Å²) in [7, 11) is -1.70. The second-order valence-corrected chi connectivity index (χ2v) is 7.93. The molecule has 0 spiro atoms. The number of nitrogens with zero attached hydrogens (tertiary/aromatic N) is 1. The second-order valence-electron chi connectivity index (χ2n) is 5.65. The molecule has 0 aliphatic rings. The fraction of sp³-hybridized carbons (Fsp3) is 0.278. The molecule has 2 aromatic rings.